The number of anilines is 2. The van der Waals surface area contributed by atoms with Gasteiger partial charge in [0, 0.05) is 6.54 Å². The van der Waals surface area contributed by atoms with Crippen molar-refractivity contribution in [1.29, 1.82) is 0 Å². The molecular formula is C17H14ClFN4O2S. The van der Waals surface area contributed by atoms with E-state index in [0.717, 1.165) is 5.56 Å². The molecule has 0 radical (unpaired) electrons. The first-order valence-corrected chi connectivity index (χ1v) is 9.39. The van der Waals surface area contributed by atoms with Gasteiger partial charge in [0.1, 0.15) is 16.5 Å². The van der Waals surface area contributed by atoms with Crippen LogP contribution in [0.1, 0.15) is 5.56 Å². The van der Waals surface area contributed by atoms with Crippen LogP contribution in [0.2, 0.25) is 5.02 Å². The number of benzene rings is 2. The van der Waals surface area contributed by atoms with Gasteiger partial charge in [-0.1, -0.05) is 35.9 Å². The Labute approximate surface area is 155 Å². The summed E-state index contributed by atoms with van der Waals surface area (Å²) in [6, 6.07) is 15.2. The molecule has 1 heterocycles. The second-order valence-electron chi connectivity index (χ2n) is 5.32. The van der Waals surface area contributed by atoms with E-state index >= 15 is 0 Å². The Bertz CT molecular complexity index is 996. The molecule has 0 atom stereocenters. The van der Waals surface area contributed by atoms with Crippen LogP contribution in [0, 0.1) is 5.82 Å². The number of hydrogen-bond acceptors (Lipinski definition) is 5. The van der Waals surface area contributed by atoms with Gasteiger partial charge < -0.3 is 5.32 Å². The third-order valence-corrected chi connectivity index (χ3v) is 5.27. The minimum Gasteiger partial charge on any atom is -0.365 e. The van der Waals surface area contributed by atoms with Gasteiger partial charge >= 0.3 is 0 Å². The summed E-state index contributed by atoms with van der Waals surface area (Å²) in [5, 5.41) is 10.9. The van der Waals surface area contributed by atoms with E-state index in [1.54, 1.807) is 30.3 Å². The van der Waals surface area contributed by atoms with Crippen molar-refractivity contribution in [2.24, 2.45) is 0 Å². The maximum atomic E-state index is 12.9. The number of sulfonamides is 1. The molecule has 0 amide bonds. The highest BCUT2D eigenvalue weighted by Gasteiger charge is 2.18. The quantitative estimate of drug-likeness (QED) is 0.668. The predicted octanol–water partition coefficient (Wildman–Crippen LogP) is 3.68. The van der Waals surface area contributed by atoms with E-state index in [4.69, 9.17) is 11.6 Å². The maximum absolute atomic E-state index is 12.9. The van der Waals surface area contributed by atoms with Crippen LogP contribution in [0.5, 0.6) is 0 Å². The molecule has 0 unspecified atom stereocenters. The smallest absolute Gasteiger partial charge is 0.264 e. The van der Waals surface area contributed by atoms with Gasteiger partial charge in [0.05, 0.1) is 5.02 Å². The van der Waals surface area contributed by atoms with Crippen LogP contribution in [0.4, 0.5) is 16.0 Å². The van der Waals surface area contributed by atoms with E-state index < -0.39 is 10.0 Å². The molecule has 1 aromatic heterocycles. The predicted molar refractivity (Wildman–Crippen MR) is 98.0 cm³/mol. The van der Waals surface area contributed by atoms with Crippen LogP contribution in [-0.2, 0) is 16.6 Å². The summed E-state index contributed by atoms with van der Waals surface area (Å²) < 4.78 is 39.9. The van der Waals surface area contributed by atoms with Gasteiger partial charge in [-0.05, 0) is 42.0 Å². The van der Waals surface area contributed by atoms with Gasteiger partial charge in [0.15, 0.2) is 5.82 Å². The van der Waals surface area contributed by atoms with Crippen LogP contribution in [0.25, 0.3) is 0 Å². The monoisotopic (exact) mass is 392 g/mol. The van der Waals surface area contributed by atoms with E-state index in [1.165, 1.54) is 30.3 Å². The molecular weight excluding hydrogens is 379 g/mol. The highest BCUT2D eigenvalue weighted by atomic mass is 35.5. The normalized spacial score (nSPS) is 11.2. The number of nitrogens with zero attached hydrogens (tertiary/aromatic N) is 2. The average molecular weight is 393 g/mol. The number of aromatic nitrogens is 2. The van der Waals surface area contributed by atoms with E-state index in [1.807, 2.05) is 0 Å². The van der Waals surface area contributed by atoms with Gasteiger partial charge in [-0.15, -0.1) is 10.2 Å². The van der Waals surface area contributed by atoms with Crippen molar-refractivity contribution in [2.45, 2.75) is 11.4 Å². The Hall–Kier alpha value is -2.71. The third kappa shape index (κ3) is 4.47. The Morgan fingerprint density at radius 2 is 1.58 bits per heavy atom. The zero-order valence-corrected chi connectivity index (χ0v) is 14.9. The van der Waals surface area contributed by atoms with E-state index in [9.17, 15) is 12.8 Å². The molecule has 3 aromatic rings. The fraction of sp³-hybridized carbons (Fsp3) is 0.0588. The Balaban J connectivity index is 1.66. The lowest BCUT2D eigenvalue weighted by atomic mass is 10.2. The molecule has 134 valence electrons. The number of nitrogens with one attached hydrogen (secondary N) is 2. The molecule has 0 saturated carbocycles. The summed E-state index contributed by atoms with van der Waals surface area (Å²) in [5.74, 6) is 0.218. The minimum atomic E-state index is -3.86. The zero-order valence-electron chi connectivity index (χ0n) is 13.4. The molecule has 0 aliphatic heterocycles. The third-order valence-electron chi connectivity index (χ3n) is 3.42. The first-order chi connectivity index (χ1) is 12.4. The summed E-state index contributed by atoms with van der Waals surface area (Å²) in [6.07, 6.45) is 0. The lowest BCUT2D eigenvalue weighted by Crippen LogP contribution is -2.15. The van der Waals surface area contributed by atoms with Gasteiger partial charge in [-0.2, -0.15) is 0 Å². The van der Waals surface area contributed by atoms with Crippen LogP contribution in [-0.4, -0.2) is 18.6 Å². The van der Waals surface area contributed by atoms with Crippen molar-refractivity contribution in [1.82, 2.24) is 10.2 Å². The van der Waals surface area contributed by atoms with Gasteiger partial charge in [0.2, 0.25) is 0 Å². The van der Waals surface area contributed by atoms with Crippen molar-refractivity contribution < 1.29 is 12.8 Å². The molecule has 9 heteroatoms. The molecule has 0 fully saturated rings. The van der Waals surface area contributed by atoms with Crippen molar-refractivity contribution >= 4 is 33.3 Å². The summed E-state index contributed by atoms with van der Waals surface area (Å²) in [6.45, 7) is 0.430. The van der Waals surface area contributed by atoms with Crippen LogP contribution >= 0.6 is 11.6 Å². The molecule has 0 aliphatic rings. The molecule has 2 N–H and O–H groups in total. The standard InChI is InChI=1S/C17H14ClFN4O2S/c18-14-3-1-2-4-15(14)26(24,25)23-17-10-9-16(21-22-17)20-11-12-5-7-13(19)8-6-12/h1-10H,11H2,(H,20,21)(H,22,23). The highest BCUT2D eigenvalue weighted by molar-refractivity contribution is 7.92. The number of halogens is 2. The lowest BCUT2D eigenvalue weighted by Gasteiger charge is -2.09. The summed E-state index contributed by atoms with van der Waals surface area (Å²) >= 11 is 5.92. The number of hydrogen-bond donors (Lipinski definition) is 2. The van der Waals surface area contributed by atoms with Crippen molar-refractivity contribution in [3.8, 4) is 0 Å². The van der Waals surface area contributed by atoms with Crippen LogP contribution in [0.15, 0.2) is 65.6 Å². The van der Waals surface area contributed by atoms with Gasteiger partial charge in [-0.3, -0.25) is 4.72 Å². The summed E-state index contributed by atoms with van der Waals surface area (Å²) in [4.78, 5) is -0.0398. The fourth-order valence-corrected chi connectivity index (χ4v) is 3.65. The fourth-order valence-electron chi connectivity index (χ4n) is 2.13. The maximum Gasteiger partial charge on any atom is 0.264 e. The van der Waals surface area contributed by atoms with Crippen molar-refractivity contribution in [3.63, 3.8) is 0 Å². The highest BCUT2D eigenvalue weighted by Crippen LogP contribution is 2.22. The molecule has 26 heavy (non-hydrogen) atoms. The molecule has 0 aliphatic carbocycles. The number of rotatable bonds is 6. The average Bonchev–Trinajstić information content (AvgIpc) is 2.62. The molecule has 0 saturated heterocycles. The Kier molecular flexibility index (Phi) is 5.34. The largest absolute Gasteiger partial charge is 0.365 e. The van der Waals surface area contributed by atoms with Gasteiger partial charge in [0.25, 0.3) is 10.0 Å². The Morgan fingerprint density at radius 3 is 2.23 bits per heavy atom. The molecule has 2 aromatic carbocycles. The van der Waals surface area contributed by atoms with E-state index in [-0.39, 0.29) is 21.6 Å². The first-order valence-electron chi connectivity index (χ1n) is 7.53. The second kappa shape index (κ2) is 7.67. The zero-order chi connectivity index (χ0) is 18.6. The van der Waals surface area contributed by atoms with Crippen LogP contribution in [0.3, 0.4) is 0 Å². The van der Waals surface area contributed by atoms with E-state index in [2.05, 4.69) is 20.2 Å². The molecule has 6 nitrogen and oxygen atoms in total. The van der Waals surface area contributed by atoms with Crippen molar-refractivity contribution in [2.75, 3.05) is 10.0 Å². The topological polar surface area (TPSA) is 84.0 Å². The minimum absolute atomic E-state index is 0.0398. The van der Waals surface area contributed by atoms with E-state index in [0.29, 0.717) is 12.4 Å². The van der Waals surface area contributed by atoms with Gasteiger partial charge in [-0.25, -0.2) is 12.8 Å². The first kappa shape index (κ1) is 18.1. The summed E-state index contributed by atoms with van der Waals surface area (Å²) in [7, 11) is -3.86. The molecule has 0 spiro atoms. The van der Waals surface area contributed by atoms with Crippen molar-refractivity contribution in [3.05, 3.63) is 77.1 Å². The molecule has 0 bridgehead atoms. The SMILES string of the molecule is O=S(=O)(Nc1ccc(NCc2ccc(F)cc2)nn1)c1ccccc1Cl. The summed E-state index contributed by atoms with van der Waals surface area (Å²) in [5.41, 5.74) is 0.872. The Morgan fingerprint density at radius 1 is 0.923 bits per heavy atom. The second-order valence-corrected chi connectivity index (χ2v) is 7.38. The lowest BCUT2D eigenvalue weighted by molar-refractivity contribution is 0.601. The van der Waals surface area contributed by atoms with Crippen LogP contribution < -0.4 is 10.0 Å². The molecule has 3 rings (SSSR count).